The van der Waals surface area contributed by atoms with Crippen molar-refractivity contribution < 1.29 is 14.3 Å². The third-order valence-corrected chi connectivity index (χ3v) is 5.55. The highest BCUT2D eigenvalue weighted by Gasteiger charge is 2.22. The number of ketones is 1. The topological polar surface area (TPSA) is 58.6 Å². The Labute approximate surface area is 173 Å². The Morgan fingerprint density at radius 1 is 1.07 bits per heavy atom. The number of benzene rings is 2. The van der Waals surface area contributed by atoms with E-state index in [-0.39, 0.29) is 18.3 Å². The van der Waals surface area contributed by atoms with Crippen molar-refractivity contribution in [2.75, 3.05) is 19.7 Å². The van der Waals surface area contributed by atoms with Crippen LogP contribution in [0, 0.1) is 0 Å². The van der Waals surface area contributed by atoms with Gasteiger partial charge < -0.3 is 10.1 Å². The van der Waals surface area contributed by atoms with Crippen LogP contribution in [0.15, 0.2) is 48.5 Å². The summed E-state index contributed by atoms with van der Waals surface area (Å²) in [5.41, 5.74) is 3.48. The van der Waals surface area contributed by atoms with Gasteiger partial charge >= 0.3 is 0 Å². The van der Waals surface area contributed by atoms with E-state index in [9.17, 15) is 9.59 Å². The lowest BCUT2D eigenvalue weighted by Gasteiger charge is -2.35. The third-order valence-electron chi connectivity index (χ3n) is 5.55. The van der Waals surface area contributed by atoms with Gasteiger partial charge in [0.1, 0.15) is 5.75 Å². The summed E-state index contributed by atoms with van der Waals surface area (Å²) in [7, 11) is 0. The minimum atomic E-state index is -0.130. The van der Waals surface area contributed by atoms with E-state index in [0.29, 0.717) is 30.3 Å². The lowest BCUT2D eigenvalue weighted by molar-refractivity contribution is -0.123. The van der Waals surface area contributed by atoms with Crippen molar-refractivity contribution in [3.8, 4) is 5.75 Å². The van der Waals surface area contributed by atoms with Gasteiger partial charge in [-0.2, -0.15) is 0 Å². The van der Waals surface area contributed by atoms with E-state index in [1.165, 1.54) is 11.1 Å². The van der Waals surface area contributed by atoms with E-state index in [2.05, 4.69) is 41.4 Å². The van der Waals surface area contributed by atoms with Crippen molar-refractivity contribution in [2.24, 2.45) is 0 Å². The minimum absolute atomic E-state index is 0.0274. The van der Waals surface area contributed by atoms with E-state index >= 15 is 0 Å². The Kier molecular flexibility index (Phi) is 7.42. The van der Waals surface area contributed by atoms with Crippen LogP contribution in [0.2, 0.25) is 0 Å². The number of carbonyl (C=O) groups is 2. The number of fused-ring (bicyclic) bond motifs is 1. The highest BCUT2D eigenvalue weighted by Crippen LogP contribution is 2.21. The van der Waals surface area contributed by atoms with Crippen LogP contribution in [-0.4, -0.2) is 42.3 Å². The van der Waals surface area contributed by atoms with Gasteiger partial charge in [-0.15, -0.1) is 0 Å². The molecule has 0 radical (unpaired) electrons. The number of rotatable bonds is 9. The zero-order chi connectivity index (χ0) is 20.6. The summed E-state index contributed by atoms with van der Waals surface area (Å²) in [4.78, 5) is 26.3. The highest BCUT2D eigenvalue weighted by atomic mass is 16.5. The van der Waals surface area contributed by atoms with Gasteiger partial charge in [0.15, 0.2) is 12.4 Å². The molecule has 2 aromatic carbocycles. The van der Waals surface area contributed by atoms with Gasteiger partial charge in [-0.1, -0.05) is 38.1 Å². The van der Waals surface area contributed by atoms with Crippen LogP contribution in [0.4, 0.5) is 0 Å². The maximum Gasteiger partial charge on any atom is 0.257 e. The van der Waals surface area contributed by atoms with Gasteiger partial charge in [0, 0.05) is 37.7 Å². The van der Waals surface area contributed by atoms with Crippen LogP contribution in [0.25, 0.3) is 0 Å². The summed E-state index contributed by atoms with van der Waals surface area (Å²) in [5, 5.41) is 3.00. The van der Waals surface area contributed by atoms with Crippen LogP contribution in [0.1, 0.15) is 48.2 Å². The van der Waals surface area contributed by atoms with Gasteiger partial charge in [-0.25, -0.2) is 0 Å². The number of nitrogens with one attached hydrogen (secondary N) is 1. The fraction of sp³-hybridized carbons (Fsp3) is 0.417. The van der Waals surface area contributed by atoms with E-state index in [1.807, 2.05) is 6.92 Å². The molecule has 1 heterocycles. The molecule has 0 spiro atoms. The van der Waals surface area contributed by atoms with Gasteiger partial charge in [0.05, 0.1) is 0 Å². The predicted octanol–water partition coefficient (Wildman–Crippen LogP) is 3.61. The molecule has 154 valence electrons. The molecule has 1 atom stereocenters. The predicted molar refractivity (Wildman–Crippen MR) is 114 cm³/mol. The average molecular weight is 395 g/mol. The van der Waals surface area contributed by atoms with Crippen molar-refractivity contribution >= 4 is 11.7 Å². The van der Waals surface area contributed by atoms with E-state index < -0.39 is 0 Å². The molecule has 1 unspecified atom stereocenters. The van der Waals surface area contributed by atoms with Crippen molar-refractivity contribution in [3.05, 3.63) is 65.2 Å². The van der Waals surface area contributed by atoms with E-state index in [4.69, 9.17) is 4.74 Å². The van der Waals surface area contributed by atoms with Crippen LogP contribution in [0.5, 0.6) is 5.75 Å². The fourth-order valence-electron chi connectivity index (χ4n) is 3.73. The normalized spacial score (nSPS) is 14.7. The molecule has 0 bridgehead atoms. The summed E-state index contributed by atoms with van der Waals surface area (Å²) in [6.07, 6.45) is 2.51. The van der Waals surface area contributed by atoms with Crippen molar-refractivity contribution in [3.63, 3.8) is 0 Å². The highest BCUT2D eigenvalue weighted by molar-refractivity contribution is 5.95. The molecule has 1 aliphatic heterocycles. The number of amides is 1. The van der Waals surface area contributed by atoms with Crippen molar-refractivity contribution in [2.45, 2.75) is 45.7 Å². The first-order valence-corrected chi connectivity index (χ1v) is 10.4. The molecule has 1 amide bonds. The Hall–Kier alpha value is -2.66. The maximum atomic E-state index is 12.2. The Morgan fingerprint density at radius 2 is 1.79 bits per heavy atom. The maximum absolute atomic E-state index is 12.2. The molecule has 0 fully saturated rings. The lowest BCUT2D eigenvalue weighted by Crippen LogP contribution is -2.46. The number of nitrogens with zero attached hydrogens (tertiary/aromatic N) is 1. The first-order chi connectivity index (χ1) is 14.1. The number of hydrogen-bond donors (Lipinski definition) is 1. The Bertz CT molecular complexity index is 832. The van der Waals surface area contributed by atoms with Crippen molar-refractivity contribution in [1.29, 1.82) is 0 Å². The Balaban J connectivity index is 1.45. The summed E-state index contributed by atoms with van der Waals surface area (Å²) in [6, 6.07) is 15.8. The van der Waals surface area contributed by atoms with Crippen molar-refractivity contribution in [1.82, 2.24) is 10.2 Å². The molecule has 2 aromatic rings. The van der Waals surface area contributed by atoms with Crippen LogP contribution in [-0.2, 0) is 17.8 Å². The second kappa shape index (κ2) is 10.2. The molecule has 5 nitrogen and oxygen atoms in total. The second-order valence-corrected chi connectivity index (χ2v) is 7.45. The molecular formula is C24H30N2O3. The minimum Gasteiger partial charge on any atom is -0.484 e. The number of hydrogen-bond acceptors (Lipinski definition) is 4. The number of ether oxygens (including phenoxy) is 1. The average Bonchev–Trinajstić information content (AvgIpc) is 2.77. The molecule has 1 N–H and O–H groups in total. The molecule has 3 rings (SSSR count). The molecule has 0 aliphatic carbocycles. The molecule has 29 heavy (non-hydrogen) atoms. The fourth-order valence-corrected chi connectivity index (χ4v) is 3.73. The molecule has 0 aromatic heterocycles. The number of carbonyl (C=O) groups excluding carboxylic acids is 2. The standard InChI is InChI=1S/C24H30N2O3/c1-3-21(26-14-13-18-7-5-6-8-20(18)16-26)15-25-24(28)17-29-22-11-9-19(10-12-22)23(27)4-2/h5-12,21H,3-4,13-17H2,1-2H3,(H,25,28). The zero-order valence-electron chi connectivity index (χ0n) is 17.3. The van der Waals surface area contributed by atoms with Crippen LogP contribution < -0.4 is 10.1 Å². The molecule has 1 aliphatic rings. The zero-order valence-corrected chi connectivity index (χ0v) is 17.3. The second-order valence-electron chi connectivity index (χ2n) is 7.45. The van der Waals surface area contributed by atoms with Gasteiger partial charge in [-0.3, -0.25) is 14.5 Å². The molecule has 5 heteroatoms. The first kappa shape index (κ1) is 21.1. The van der Waals surface area contributed by atoms with Gasteiger partial charge in [-0.05, 0) is 48.2 Å². The first-order valence-electron chi connectivity index (χ1n) is 10.4. The van der Waals surface area contributed by atoms with E-state index in [0.717, 1.165) is 25.9 Å². The monoisotopic (exact) mass is 394 g/mol. The molecule has 0 saturated heterocycles. The lowest BCUT2D eigenvalue weighted by atomic mass is 9.98. The van der Waals surface area contributed by atoms with Gasteiger partial charge in [0.25, 0.3) is 5.91 Å². The SMILES string of the molecule is CCC(=O)c1ccc(OCC(=O)NCC(CC)N2CCc3ccccc3C2)cc1. The largest absolute Gasteiger partial charge is 0.484 e. The summed E-state index contributed by atoms with van der Waals surface area (Å²) < 4.78 is 5.56. The van der Waals surface area contributed by atoms with Crippen LogP contribution in [0.3, 0.4) is 0 Å². The summed E-state index contributed by atoms with van der Waals surface area (Å²) in [5.74, 6) is 0.558. The summed E-state index contributed by atoms with van der Waals surface area (Å²) >= 11 is 0. The van der Waals surface area contributed by atoms with E-state index in [1.54, 1.807) is 24.3 Å². The molecule has 0 saturated carbocycles. The third kappa shape index (κ3) is 5.67. The molecular weight excluding hydrogens is 364 g/mol. The number of Topliss-reactive ketones (excluding diaryl/α,β-unsaturated/α-hetero) is 1. The Morgan fingerprint density at radius 3 is 2.48 bits per heavy atom. The smallest absolute Gasteiger partial charge is 0.257 e. The summed E-state index contributed by atoms with van der Waals surface area (Å²) in [6.45, 7) is 6.54. The van der Waals surface area contributed by atoms with Gasteiger partial charge in [0.2, 0.25) is 0 Å². The van der Waals surface area contributed by atoms with Crippen LogP contribution >= 0.6 is 0 Å². The quantitative estimate of drug-likeness (QED) is 0.660.